The van der Waals surface area contributed by atoms with E-state index in [1.54, 1.807) is 6.07 Å². The second kappa shape index (κ2) is 9.63. The number of nitrogens with zero attached hydrogens (tertiary/aromatic N) is 4. The molecule has 0 saturated carbocycles. The fourth-order valence-corrected chi connectivity index (χ4v) is 4.51. The number of fused-ring (bicyclic) bond motifs is 1. The number of ether oxygens (including phenoxy) is 1. The number of nitrogens with one attached hydrogen (secondary N) is 1. The van der Waals surface area contributed by atoms with Crippen LogP contribution in [-0.4, -0.2) is 60.3 Å². The first-order chi connectivity index (χ1) is 17.3. The van der Waals surface area contributed by atoms with Crippen LogP contribution in [0.1, 0.15) is 5.56 Å². The number of nitrogen functional groups attached to an aromatic ring is 1. The van der Waals surface area contributed by atoms with Gasteiger partial charge in [0.1, 0.15) is 17.2 Å². The Hall–Kier alpha value is -3.89. The molecule has 0 spiro atoms. The summed E-state index contributed by atoms with van der Waals surface area (Å²) in [5, 5.41) is 0.311. The lowest BCUT2D eigenvalue weighted by Gasteiger charge is -2.31. The van der Waals surface area contributed by atoms with Crippen molar-refractivity contribution in [3.05, 3.63) is 70.3 Å². The Morgan fingerprint density at radius 3 is 2.50 bits per heavy atom. The number of pyridine rings is 1. The molecule has 1 aliphatic rings. The number of halogens is 2. The van der Waals surface area contributed by atoms with Gasteiger partial charge in [-0.1, -0.05) is 12.1 Å². The van der Waals surface area contributed by atoms with Gasteiger partial charge in [-0.25, -0.2) is 9.37 Å². The highest BCUT2D eigenvalue weighted by Gasteiger charge is 2.20. The van der Waals surface area contributed by atoms with Gasteiger partial charge < -0.3 is 25.3 Å². The summed E-state index contributed by atoms with van der Waals surface area (Å²) in [5.74, 6) is -1.51. The highest BCUT2D eigenvalue weighted by Crippen LogP contribution is 2.33. The Kier molecular flexibility index (Phi) is 6.38. The van der Waals surface area contributed by atoms with Crippen molar-refractivity contribution in [3.63, 3.8) is 0 Å². The molecule has 0 amide bonds. The molecule has 186 valence electrons. The van der Waals surface area contributed by atoms with Crippen LogP contribution in [0.15, 0.2) is 47.4 Å². The Bertz CT molecular complexity index is 1500. The van der Waals surface area contributed by atoms with Crippen molar-refractivity contribution in [2.45, 2.75) is 6.54 Å². The van der Waals surface area contributed by atoms with E-state index in [-0.39, 0.29) is 28.0 Å². The van der Waals surface area contributed by atoms with Gasteiger partial charge in [0.15, 0.2) is 5.82 Å². The first-order valence-electron chi connectivity index (χ1n) is 11.6. The second-order valence-corrected chi connectivity index (χ2v) is 9.00. The van der Waals surface area contributed by atoms with E-state index in [0.717, 1.165) is 30.5 Å². The average Bonchev–Trinajstić information content (AvgIpc) is 2.86. The summed E-state index contributed by atoms with van der Waals surface area (Å²) in [6.45, 7) is 3.52. The Morgan fingerprint density at radius 1 is 1.03 bits per heavy atom. The summed E-state index contributed by atoms with van der Waals surface area (Å²) in [4.78, 5) is 27.1. The van der Waals surface area contributed by atoms with Gasteiger partial charge >= 0.3 is 0 Å². The van der Waals surface area contributed by atoms with Crippen molar-refractivity contribution in [2.24, 2.45) is 0 Å². The van der Waals surface area contributed by atoms with Crippen molar-refractivity contribution in [1.82, 2.24) is 19.9 Å². The van der Waals surface area contributed by atoms with Gasteiger partial charge in [-0.2, -0.15) is 9.37 Å². The number of aromatic amines is 1. The van der Waals surface area contributed by atoms with Gasteiger partial charge in [-0.3, -0.25) is 4.79 Å². The van der Waals surface area contributed by atoms with Crippen LogP contribution in [0, 0.1) is 11.8 Å². The molecule has 5 rings (SSSR count). The molecule has 1 saturated heterocycles. The molecule has 3 heterocycles. The minimum absolute atomic E-state index is 0.0409. The minimum Gasteiger partial charge on any atom is -0.382 e. The van der Waals surface area contributed by atoms with Crippen molar-refractivity contribution in [3.8, 4) is 22.5 Å². The summed E-state index contributed by atoms with van der Waals surface area (Å²) < 4.78 is 34.9. The van der Waals surface area contributed by atoms with Gasteiger partial charge in [0.25, 0.3) is 5.56 Å². The molecule has 2 aromatic carbocycles. The van der Waals surface area contributed by atoms with Crippen LogP contribution < -0.4 is 16.2 Å². The SMILES string of the molecule is CN(C)Cc1cc(-c2nc(-c3ccc4c(=O)[nH]cc(F)c4c3)c(N)nc2F)ccc1N1CCOCC1. The number of benzene rings is 2. The molecule has 4 aromatic rings. The monoisotopic (exact) mass is 492 g/mol. The Balaban J connectivity index is 1.61. The number of nitrogens with two attached hydrogens (primary N) is 1. The molecular weight excluding hydrogens is 466 g/mol. The zero-order chi connectivity index (χ0) is 25.4. The number of rotatable bonds is 5. The Labute approximate surface area is 206 Å². The van der Waals surface area contributed by atoms with Crippen LogP contribution in [-0.2, 0) is 11.3 Å². The molecule has 8 nitrogen and oxygen atoms in total. The largest absolute Gasteiger partial charge is 0.382 e. The van der Waals surface area contributed by atoms with E-state index in [9.17, 15) is 9.18 Å². The number of aromatic nitrogens is 3. The molecule has 3 N–H and O–H groups in total. The van der Waals surface area contributed by atoms with E-state index in [1.807, 2.05) is 37.2 Å². The smallest absolute Gasteiger partial charge is 0.256 e. The zero-order valence-corrected chi connectivity index (χ0v) is 20.0. The predicted octanol–water partition coefficient (Wildman–Crippen LogP) is 3.41. The molecule has 2 aromatic heterocycles. The van der Waals surface area contributed by atoms with E-state index in [1.165, 1.54) is 12.1 Å². The minimum atomic E-state index is -0.797. The summed E-state index contributed by atoms with van der Waals surface area (Å²) in [6.07, 6.45) is 1.00. The molecule has 0 aliphatic carbocycles. The van der Waals surface area contributed by atoms with Crippen LogP contribution >= 0.6 is 0 Å². The van der Waals surface area contributed by atoms with E-state index in [4.69, 9.17) is 10.5 Å². The normalized spacial score (nSPS) is 14.1. The molecule has 0 bridgehead atoms. The molecular formula is C26H26F2N6O2. The molecule has 0 unspecified atom stereocenters. The summed E-state index contributed by atoms with van der Waals surface area (Å²) in [6, 6.07) is 10.3. The van der Waals surface area contributed by atoms with Crippen molar-refractivity contribution >= 4 is 22.3 Å². The summed E-state index contributed by atoms with van der Waals surface area (Å²) in [7, 11) is 3.95. The maximum absolute atomic E-state index is 15.1. The van der Waals surface area contributed by atoms with Crippen LogP contribution in [0.2, 0.25) is 0 Å². The van der Waals surface area contributed by atoms with Gasteiger partial charge in [0.05, 0.1) is 13.2 Å². The van der Waals surface area contributed by atoms with Crippen molar-refractivity contribution < 1.29 is 13.5 Å². The standard InChI is InChI=1S/C26H26F2N6O2/c1-33(2)14-17-11-15(4-6-21(17)34-7-9-36-10-8-34)22-24(28)32-25(29)23(31-22)16-3-5-18-19(12-16)20(27)13-30-26(18)35/h3-6,11-13H,7-10,14H2,1-2H3,(H2,29,32)(H,30,35). The molecule has 1 fully saturated rings. The van der Waals surface area contributed by atoms with E-state index < -0.39 is 17.3 Å². The van der Waals surface area contributed by atoms with Crippen molar-refractivity contribution in [2.75, 3.05) is 51.0 Å². The van der Waals surface area contributed by atoms with Crippen LogP contribution in [0.4, 0.5) is 20.3 Å². The third kappa shape index (κ3) is 4.52. The molecule has 0 radical (unpaired) electrons. The number of hydrogen-bond donors (Lipinski definition) is 2. The predicted molar refractivity (Wildman–Crippen MR) is 136 cm³/mol. The van der Waals surface area contributed by atoms with Crippen LogP contribution in [0.5, 0.6) is 0 Å². The number of morpholine rings is 1. The zero-order valence-electron chi connectivity index (χ0n) is 20.0. The average molecular weight is 493 g/mol. The van der Waals surface area contributed by atoms with Gasteiger partial charge in [0.2, 0.25) is 5.95 Å². The summed E-state index contributed by atoms with van der Waals surface area (Å²) >= 11 is 0. The van der Waals surface area contributed by atoms with Crippen LogP contribution in [0.25, 0.3) is 33.3 Å². The van der Waals surface area contributed by atoms with Gasteiger partial charge in [-0.05, 0) is 43.9 Å². The quantitative estimate of drug-likeness (QED) is 0.440. The number of H-pyrrole nitrogens is 1. The maximum Gasteiger partial charge on any atom is 0.256 e. The topological polar surface area (TPSA) is 100 Å². The maximum atomic E-state index is 15.1. The van der Waals surface area contributed by atoms with Crippen molar-refractivity contribution in [1.29, 1.82) is 0 Å². The van der Waals surface area contributed by atoms with E-state index in [0.29, 0.717) is 30.9 Å². The molecule has 0 atom stereocenters. The lowest BCUT2D eigenvalue weighted by Crippen LogP contribution is -2.37. The molecule has 36 heavy (non-hydrogen) atoms. The first-order valence-corrected chi connectivity index (χ1v) is 11.6. The van der Waals surface area contributed by atoms with E-state index >= 15 is 4.39 Å². The first kappa shape index (κ1) is 23.8. The highest BCUT2D eigenvalue weighted by atomic mass is 19.1. The second-order valence-electron chi connectivity index (χ2n) is 9.00. The summed E-state index contributed by atoms with van der Waals surface area (Å²) in [5.41, 5.74) is 8.93. The fraction of sp³-hybridized carbons (Fsp3) is 0.269. The third-order valence-electron chi connectivity index (χ3n) is 6.20. The number of hydrogen-bond acceptors (Lipinski definition) is 7. The van der Waals surface area contributed by atoms with Gasteiger partial charge in [0, 0.05) is 53.4 Å². The van der Waals surface area contributed by atoms with E-state index in [2.05, 4.69) is 19.9 Å². The highest BCUT2D eigenvalue weighted by molar-refractivity contribution is 5.88. The Morgan fingerprint density at radius 2 is 1.75 bits per heavy atom. The lowest BCUT2D eigenvalue weighted by atomic mass is 10.0. The number of anilines is 2. The third-order valence-corrected chi connectivity index (χ3v) is 6.20. The molecule has 10 heteroatoms. The fourth-order valence-electron chi connectivity index (χ4n) is 4.51. The molecule has 1 aliphatic heterocycles. The lowest BCUT2D eigenvalue weighted by molar-refractivity contribution is 0.122. The van der Waals surface area contributed by atoms with Crippen LogP contribution in [0.3, 0.4) is 0 Å². The van der Waals surface area contributed by atoms with Gasteiger partial charge in [-0.15, -0.1) is 0 Å².